The molecule has 3 nitrogen and oxygen atoms in total. The molecule has 19 heavy (non-hydrogen) atoms. The van der Waals surface area contributed by atoms with Crippen molar-refractivity contribution >= 4 is 16.5 Å². The van der Waals surface area contributed by atoms with Crippen LogP contribution in [0.25, 0.3) is 11.3 Å². The Morgan fingerprint density at radius 3 is 3.11 bits per heavy atom. The molecule has 0 atom stereocenters. The van der Waals surface area contributed by atoms with Gasteiger partial charge in [0.25, 0.3) is 0 Å². The maximum absolute atomic E-state index is 5.06. The van der Waals surface area contributed by atoms with Crippen molar-refractivity contribution in [2.45, 2.75) is 19.3 Å². The number of thiazole rings is 1. The van der Waals surface area contributed by atoms with Crippen LogP contribution in [0, 0.1) is 0 Å². The van der Waals surface area contributed by atoms with Crippen molar-refractivity contribution in [2.24, 2.45) is 0 Å². The van der Waals surface area contributed by atoms with Gasteiger partial charge in [0.05, 0.1) is 12.3 Å². The van der Waals surface area contributed by atoms with Crippen molar-refractivity contribution in [3.63, 3.8) is 0 Å². The summed E-state index contributed by atoms with van der Waals surface area (Å²) >= 11 is 1.78. The van der Waals surface area contributed by atoms with Gasteiger partial charge in [-0.25, -0.2) is 4.98 Å². The fourth-order valence-electron chi connectivity index (χ4n) is 2.48. The third kappa shape index (κ3) is 2.65. The molecule has 1 aromatic heterocycles. The first kappa shape index (κ1) is 12.6. The molecular weight excluding hydrogens is 256 g/mol. The first-order valence-corrected chi connectivity index (χ1v) is 7.51. The van der Waals surface area contributed by atoms with E-state index >= 15 is 0 Å². The molecule has 0 amide bonds. The van der Waals surface area contributed by atoms with Crippen LogP contribution in [0.3, 0.4) is 0 Å². The average Bonchev–Trinajstić information content (AvgIpc) is 2.75. The molecule has 0 unspecified atom stereocenters. The quantitative estimate of drug-likeness (QED) is 0.868. The maximum Gasteiger partial charge on any atom is 0.183 e. The van der Waals surface area contributed by atoms with E-state index in [1.807, 2.05) is 0 Å². The highest BCUT2D eigenvalue weighted by atomic mass is 32.1. The van der Waals surface area contributed by atoms with Crippen LogP contribution in [0.2, 0.25) is 0 Å². The lowest BCUT2D eigenvalue weighted by Gasteiger charge is -2.04. The van der Waals surface area contributed by atoms with Gasteiger partial charge in [-0.05, 0) is 24.8 Å². The third-order valence-corrected chi connectivity index (χ3v) is 4.48. The summed E-state index contributed by atoms with van der Waals surface area (Å²) in [4.78, 5) is 6.18. The topological polar surface area (TPSA) is 34.1 Å². The summed E-state index contributed by atoms with van der Waals surface area (Å²) in [6.45, 7) is 1.52. The molecule has 0 saturated heterocycles. The molecule has 0 aliphatic heterocycles. The molecule has 1 aliphatic rings. The Morgan fingerprint density at radius 2 is 2.21 bits per heavy atom. The number of benzene rings is 1. The third-order valence-electron chi connectivity index (χ3n) is 3.40. The molecule has 1 heterocycles. The van der Waals surface area contributed by atoms with E-state index in [1.165, 1.54) is 28.1 Å². The van der Waals surface area contributed by atoms with Gasteiger partial charge in [-0.3, -0.25) is 0 Å². The number of methoxy groups -OCH3 is 1. The van der Waals surface area contributed by atoms with Gasteiger partial charge in [0.15, 0.2) is 5.13 Å². The number of nitrogens with zero attached hydrogens (tertiary/aromatic N) is 1. The van der Waals surface area contributed by atoms with E-state index < -0.39 is 0 Å². The number of hydrogen-bond acceptors (Lipinski definition) is 4. The smallest absolute Gasteiger partial charge is 0.183 e. The van der Waals surface area contributed by atoms with E-state index in [4.69, 9.17) is 9.72 Å². The van der Waals surface area contributed by atoms with Gasteiger partial charge >= 0.3 is 0 Å². The molecule has 0 bridgehead atoms. The van der Waals surface area contributed by atoms with Gasteiger partial charge in [-0.2, -0.15) is 0 Å². The highest BCUT2D eigenvalue weighted by molar-refractivity contribution is 7.16. The second-order valence-corrected chi connectivity index (χ2v) is 5.80. The zero-order valence-electron chi connectivity index (χ0n) is 11.1. The molecule has 4 heteroatoms. The number of aryl methyl sites for hydroxylation is 2. The van der Waals surface area contributed by atoms with Gasteiger partial charge in [-0.15, -0.1) is 11.3 Å². The van der Waals surface area contributed by atoms with E-state index in [0.29, 0.717) is 6.61 Å². The maximum atomic E-state index is 5.06. The summed E-state index contributed by atoms with van der Waals surface area (Å²) in [6.07, 6.45) is 3.50. The Balaban J connectivity index is 1.90. The van der Waals surface area contributed by atoms with E-state index in [2.05, 4.69) is 29.6 Å². The van der Waals surface area contributed by atoms with E-state index in [1.54, 1.807) is 18.4 Å². The standard InChI is InChI=1S/C15H18N2OS/c1-18-10-9-16-15-17-14-12-7-3-2-5-11(12)6-4-8-13(14)19-15/h2-3,5,7H,4,6,8-10H2,1H3,(H,16,17). The van der Waals surface area contributed by atoms with Crippen LogP contribution in [-0.4, -0.2) is 25.2 Å². The zero-order valence-corrected chi connectivity index (χ0v) is 11.9. The number of aromatic nitrogens is 1. The molecule has 1 aliphatic carbocycles. The molecule has 1 aromatic carbocycles. The van der Waals surface area contributed by atoms with Crippen LogP contribution in [0.15, 0.2) is 24.3 Å². The first-order chi connectivity index (χ1) is 9.38. The van der Waals surface area contributed by atoms with E-state index in [-0.39, 0.29) is 0 Å². The average molecular weight is 274 g/mol. The summed E-state index contributed by atoms with van der Waals surface area (Å²) in [6, 6.07) is 8.64. The van der Waals surface area contributed by atoms with Crippen molar-refractivity contribution in [1.82, 2.24) is 4.98 Å². The number of nitrogens with one attached hydrogen (secondary N) is 1. The summed E-state index contributed by atoms with van der Waals surface area (Å²) in [5.74, 6) is 0. The van der Waals surface area contributed by atoms with Gasteiger partial charge in [-0.1, -0.05) is 24.3 Å². The molecule has 0 radical (unpaired) electrons. The number of anilines is 1. The molecule has 0 fully saturated rings. The van der Waals surface area contributed by atoms with Crippen molar-refractivity contribution in [2.75, 3.05) is 25.6 Å². The van der Waals surface area contributed by atoms with Crippen molar-refractivity contribution < 1.29 is 4.74 Å². The summed E-state index contributed by atoms with van der Waals surface area (Å²) < 4.78 is 5.06. The molecule has 0 saturated carbocycles. The number of fused-ring (bicyclic) bond motifs is 3. The van der Waals surface area contributed by atoms with Crippen LogP contribution in [0.5, 0.6) is 0 Å². The highest BCUT2D eigenvalue weighted by Crippen LogP contribution is 2.36. The molecule has 2 aromatic rings. The Morgan fingerprint density at radius 1 is 1.32 bits per heavy atom. The molecule has 3 rings (SSSR count). The van der Waals surface area contributed by atoms with Gasteiger partial charge < -0.3 is 10.1 Å². The van der Waals surface area contributed by atoms with Crippen LogP contribution in [0.1, 0.15) is 16.9 Å². The Labute approximate surface area is 117 Å². The van der Waals surface area contributed by atoms with Gasteiger partial charge in [0, 0.05) is 24.1 Å². The van der Waals surface area contributed by atoms with E-state index in [0.717, 1.165) is 24.5 Å². The Hall–Kier alpha value is -1.39. The van der Waals surface area contributed by atoms with Crippen LogP contribution < -0.4 is 5.32 Å². The molecule has 1 N–H and O–H groups in total. The lowest BCUT2D eigenvalue weighted by atomic mass is 10.0. The summed E-state index contributed by atoms with van der Waals surface area (Å²) in [7, 11) is 1.72. The predicted octanol–water partition coefficient (Wildman–Crippen LogP) is 3.36. The van der Waals surface area contributed by atoms with Gasteiger partial charge in [0.1, 0.15) is 0 Å². The van der Waals surface area contributed by atoms with E-state index in [9.17, 15) is 0 Å². The lowest BCUT2D eigenvalue weighted by molar-refractivity contribution is 0.211. The normalized spacial score (nSPS) is 13.5. The van der Waals surface area contributed by atoms with Crippen molar-refractivity contribution in [3.05, 3.63) is 34.7 Å². The zero-order chi connectivity index (χ0) is 13.1. The van der Waals surface area contributed by atoms with Crippen LogP contribution >= 0.6 is 11.3 Å². The second kappa shape index (κ2) is 5.72. The number of rotatable bonds is 4. The minimum atomic E-state index is 0.709. The largest absolute Gasteiger partial charge is 0.383 e. The predicted molar refractivity (Wildman–Crippen MR) is 79.9 cm³/mol. The Bertz CT molecular complexity index is 565. The molecule has 100 valence electrons. The summed E-state index contributed by atoms with van der Waals surface area (Å²) in [5.41, 5.74) is 3.92. The SMILES string of the molecule is COCCNc1nc2c(s1)CCCc1ccccc1-2. The Kier molecular flexibility index (Phi) is 3.80. The number of ether oxygens (including phenoxy) is 1. The number of hydrogen-bond donors (Lipinski definition) is 1. The minimum absolute atomic E-state index is 0.709. The van der Waals surface area contributed by atoms with Gasteiger partial charge in [0.2, 0.25) is 0 Å². The van der Waals surface area contributed by atoms with Crippen molar-refractivity contribution in [1.29, 1.82) is 0 Å². The van der Waals surface area contributed by atoms with Crippen LogP contribution in [0.4, 0.5) is 5.13 Å². The lowest BCUT2D eigenvalue weighted by Crippen LogP contribution is -2.07. The van der Waals surface area contributed by atoms with Crippen LogP contribution in [-0.2, 0) is 17.6 Å². The second-order valence-electron chi connectivity index (χ2n) is 4.72. The highest BCUT2D eigenvalue weighted by Gasteiger charge is 2.18. The molecular formula is C15H18N2OS. The monoisotopic (exact) mass is 274 g/mol. The first-order valence-electron chi connectivity index (χ1n) is 6.69. The summed E-state index contributed by atoms with van der Waals surface area (Å²) in [5, 5.41) is 4.35. The van der Waals surface area contributed by atoms with Crippen molar-refractivity contribution in [3.8, 4) is 11.3 Å². The fourth-order valence-corrected chi connectivity index (χ4v) is 3.52. The minimum Gasteiger partial charge on any atom is -0.383 e. The molecule has 0 spiro atoms. The fraction of sp³-hybridized carbons (Fsp3) is 0.400.